The van der Waals surface area contributed by atoms with Gasteiger partial charge in [-0.3, -0.25) is 4.79 Å². The molecular weight excluding hydrogens is 184 g/mol. The maximum Gasteiger partial charge on any atom is 0.311 e. The smallest absolute Gasteiger partial charge is 0.311 e. The number of carbonyl (C=O) groups excluding carboxylic acids is 1. The van der Waals surface area contributed by atoms with Gasteiger partial charge >= 0.3 is 5.97 Å². The molecule has 1 N–H and O–H groups in total. The van der Waals surface area contributed by atoms with Crippen LogP contribution in [0.5, 0.6) is 0 Å². The van der Waals surface area contributed by atoms with Crippen LogP contribution in [-0.4, -0.2) is 37.0 Å². The molecule has 0 aromatic heterocycles. The molecule has 0 radical (unpaired) electrons. The van der Waals surface area contributed by atoms with Gasteiger partial charge < -0.3 is 14.6 Å². The highest BCUT2D eigenvalue weighted by molar-refractivity contribution is 5.72. The second-order valence-electron chi connectivity index (χ2n) is 3.71. The Hall–Kier alpha value is -0.610. The van der Waals surface area contributed by atoms with Crippen LogP contribution in [-0.2, 0) is 14.3 Å². The van der Waals surface area contributed by atoms with Crippen LogP contribution in [0.2, 0.25) is 0 Å². The SMILES string of the molecule is COC(=O)C(C)C(O)C1CCCCO1. The van der Waals surface area contributed by atoms with Gasteiger partial charge in [-0.2, -0.15) is 0 Å². The average Bonchev–Trinajstić information content (AvgIpc) is 2.27. The van der Waals surface area contributed by atoms with Crippen molar-refractivity contribution in [3.63, 3.8) is 0 Å². The van der Waals surface area contributed by atoms with Gasteiger partial charge in [-0.15, -0.1) is 0 Å². The zero-order valence-corrected chi connectivity index (χ0v) is 8.73. The van der Waals surface area contributed by atoms with Crippen LogP contribution in [0.4, 0.5) is 0 Å². The molecule has 0 aliphatic carbocycles. The van der Waals surface area contributed by atoms with E-state index in [1.165, 1.54) is 7.11 Å². The molecule has 1 aliphatic heterocycles. The quantitative estimate of drug-likeness (QED) is 0.685. The number of hydrogen-bond acceptors (Lipinski definition) is 4. The molecule has 0 aromatic rings. The second-order valence-corrected chi connectivity index (χ2v) is 3.71. The second kappa shape index (κ2) is 5.32. The number of hydrogen-bond donors (Lipinski definition) is 1. The highest BCUT2D eigenvalue weighted by Crippen LogP contribution is 2.20. The Kier molecular flexibility index (Phi) is 4.35. The lowest BCUT2D eigenvalue weighted by Crippen LogP contribution is -2.40. The molecule has 1 saturated heterocycles. The van der Waals surface area contributed by atoms with Gasteiger partial charge in [0, 0.05) is 6.61 Å². The lowest BCUT2D eigenvalue weighted by Gasteiger charge is -2.29. The van der Waals surface area contributed by atoms with Crippen LogP contribution in [0.25, 0.3) is 0 Å². The Morgan fingerprint density at radius 1 is 1.57 bits per heavy atom. The van der Waals surface area contributed by atoms with Crippen molar-refractivity contribution in [1.29, 1.82) is 0 Å². The number of esters is 1. The molecule has 4 heteroatoms. The molecule has 1 fully saturated rings. The summed E-state index contributed by atoms with van der Waals surface area (Å²) in [5.41, 5.74) is 0. The number of methoxy groups -OCH3 is 1. The fourth-order valence-electron chi connectivity index (χ4n) is 1.68. The summed E-state index contributed by atoms with van der Waals surface area (Å²) >= 11 is 0. The van der Waals surface area contributed by atoms with E-state index in [4.69, 9.17) is 4.74 Å². The van der Waals surface area contributed by atoms with E-state index in [-0.39, 0.29) is 12.1 Å². The maximum atomic E-state index is 11.2. The lowest BCUT2D eigenvalue weighted by atomic mass is 9.95. The van der Waals surface area contributed by atoms with E-state index in [9.17, 15) is 9.90 Å². The standard InChI is InChI=1S/C10H18O4/c1-7(10(12)13-2)9(11)8-5-3-4-6-14-8/h7-9,11H,3-6H2,1-2H3. The summed E-state index contributed by atoms with van der Waals surface area (Å²) < 4.78 is 9.97. The monoisotopic (exact) mass is 202 g/mol. The minimum absolute atomic E-state index is 0.210. The van der Waals surface area contributed by atoms with Crippen LogP contribution in [0, 0.1) is 5.92 Å². The van der Waals surface area contributed by atoms with Gasteiger partial charge in [-0.25, -0.2) is 0 Å². The molecule has 3 unspecified atom stereocenters. The minimum atomic E-state index is -0.747. The van der Waals surface area contributed by atoms with Gasteiger partial charge in [-0.05, 0) is 26.2 Å². The van der Waals surface area contributed by atoms with E-state index < -0.39 is 12.0 Å². The van der Waals surface area contributed by atoms with Gasteiger partial charge in [0.15, 0.2) is 0 Å². The van der Waals surface area contributed by atoms with Crippen molar-refractivity contribution < 1.29 is 19.4 Å². The summed E-state index contributed by atoms with van der Waals surface area (Å²) in [7, 11) is 1.33. The van der Waals surface area contributed by atoms with Gasteiger partial charge in [0.2, 0.25) is 0 Å². The number of rotatable bonds is 3. The summed E-state index contributed by atoms with van der Waals surface area (Å²) in [6.07, 6.45) is 1.95. The number of aliphatic hydroxyl groups is 1. The molecule has 3 atom stereocenters. The molecule has 82 valence electrons. The average molecular weight is 202 g/mol. The van der Waals surface area contributed by atoms with E-state index in [1.54, 1.807) is 6.92 Å². The number of carbonyl (C=O) groups is 1. The van der Waals surface area contributed by atoms with E-state index in [0.717, 1.165) is 19.3 Å². The van der Waals surface area contributed by atoms with Crippen LogP contribution in [0.1, 0.15) is 26.2 Å². The third kappa shape index (κ3) is 2.69. The fraction of sp³-hybridized carbons (Fsp3) is 0.900. The lowest BCUT2D eigenvalue weighted by molar-refractivity contribution is -0.155. The first-order chi connectivity index (χ1) is 6.66. The van der Waals surface area contributed by atoms with Crippen molar-refractivity contribution in [3.05, 3.63) is 0 Å². The molecule has 0 spiro atoms. The first-order valence-electron chi connectivity index (χ1n) is 5.04. The van der Waals surface area contributed by atoms with Gasteiger partial charge in [0.05, 0.1) is 25.2 Å². The van der Waals surface area contributed by atoms with Gasteiger partial charge in [0.1, 0.15) is 0 Å². The molecule has 0 bridgehead atoms. The topological polar surface area (TPSA) is 55.8 Å². The van der Waals surface area contributed by atoms with Crippen LogP contribution >= 0.6 is 0 Å². The molecule has 14 heavy (non-hydrogen) atoms. The highest BCUT2D eigenvalue weighted by atomic mass is 16.5. The van der Waals surface area contributed by atoms with E-state index in [2.05, 4.69) is 4.74 Å². The summed E-state index contributed by atoms with van der Waals surface area (Å²) in [5.74, 6) is -0.894. The Bertz CT molecular complexity index is 187. The van der Waals surface area contributed by atoms with E-state index in [1.807, 2.05) is 0 Å². The van der Waals surface area contributed by atoms with Crippen LogP contribution in [0.15, 0.2) is 0 Å². The first kappa shape index (κ1) is 11.5. The number of aliphatic hydroxyl groups excluding tert-OH is 1. The molecule has 1 heterocycles. The summed E-state index contributed by atoms with van der Waals surface area (Å²) in [5, 5.41) is 9.82. The fourth-order valence-corrected chi connectivity index (χ4v) is 1.68. The van der Waals surface area contributed by atoms with Crippen LogP contribution in [0.3, 0.4) is 0 Å². The van der Waals surface area contributed by atoms with Crippen molar-refractivity contribution in [1.82, 2.24) is 0 Å². The highest BCUT2D eigenvalue weighted by Gasteiger charge is 2.31. The zero-order valence-electron chi connectivity index (χ0n) is 8.73. The minimum Gasteiger partial charge on any atom is -0.469 e. The van der Waals surface area contributed by atoms with E-state index in [0.29, 0.717) is 6.61 Å². The third-order valence-electron chi connectivity index (χ3n) is 2.68. The first-order valence-corrected chi connectivity index (χ1v) is 5.04. The third-order valence-corrected chi connectivity index (χ3v) is 2.68. The summed E-state index contributed by atoms with van der Waals surface area (Å²) in [4.78, 5) is 11.2. The Balaban J connectivity index is 2.45. The molecule has 0 saturated carbocycles. The normalized spacial score (nSPS) is 26.6. The molecular formula is C10H18O4. The largest absolute Gasteiger partial charge is 0.469 e. The molecule has 0 aromatic carbocycles. The van der Waals surface area contributed by atoms with E-state index >= 15 is 0 Å². The van der Waals surface area contributed by atoms with Gasteiger partial charge in [0.25, 0.3) is 0 Å². The molecule has 4 nitrogen and oxygen atoms in total. The predicted molar refractivity (Wildman–Crippen MR) is 50.8 cm³/mol. The number of ether oxygens (including phenoxy) is 2. The molecule has 0 amide bonds. The molecule has 1 rings (SSSR count). The summed E-state index contributed by atoms with van der Waals surface area (Å²) in [6.45, 7) is 2.34. The van der Waals surface area contributed by atoms with Crippen molar-refractivity contribution in [3.8, 4) is 0 Å². The Morgan fingerprint density at radius 2 is 2.29 bits per heavy atom. The zero-order chi connectivity index (χ0) is 10.6. The van der Waals surface area contributed by atoms with Crippen molar-refractivity contribution in [2.24, 2.45) is 5.92 Å². The van der Waals surface area contributed by atoms with Crippen LogP contribution < -0.4 is 0 Å². The van der Waals surface area contributed by atoms with Gasteiger partial charge in [-0.1, -0.05) is 0 Å². The van der Waals surface area contributed by atoms with Crippen molar-refractivity contribution >= 4 is 5.97 Å². The predicted octanol–water partition coefficient (Wildman–Crippen LogP) is 0.725. The van der Waals surface area contributed by atoms with Crippen molar-refractivity contribution in [2.45, 2.75) is 38.4 Å². The Labute approximate surface area is 84.2 Å². The summed E-state index contributed by atoms with van der Waals surface area (Å²) in [6, 6.07) is 0. The maximum absolute atomic E-state index is 11.2. The van der Waals surface area contributed by atoms with Crippen molar-refractivity contribution in [2.75, 3.05) is 13.7 Å². The Morgan fingerprint density at radius 3 is 2.79 bits per heavy atom. The molecule has 1 aliphatic rings.